The van der Waals surface area contributed by atoms with Crippen LogP contribution >= 0.6 is 0 Å². The minimum atomic E-state index is -0.123. The van der Waals surface area contributed by atoms with Crippen molar-refractivity contribution in [1.82, 2.24) is 0 Å². The molecule has 0 saturated heterocycles. The number of ether oxygens (including phenoxy) is 1. The van der Waals surface area contributed by atoms with Crippen LogP contribution in [-0.2, 0) is 9.53 Å². The Balaban J connectivity index is 0. The standard InChI is InChI=1S/C5H10O2.C5H12/c1-3-4-5(6)7-2;1-4-5(2)3/h3-4H2,1-2H3;5H,4H2,1-3H3. The summed E-state index contributed by atoms with van der Waals surface area (Å²) in [6.07, 6.45) is 2.71. The number of methoxy groups -OCH3 is 1. The van der Waals surface area contributed by atoms with E-state index in [0.717, 1.165) is 12.3 Å². The van der Waals surface area contributed by atoms with Gasteiger partial charge in [0.2, 0.25) is 0 Å². The molecule has 2 nitrogen and oxygen atoms in total. The molecule has 0 rings (SSSR count). The molecule has 0 atom stereocenters. The van der Waals surface area contributed by atoms with Crippen LogP contribution < -0.4 is 0 Å². The summed E-state index contributed by atoms with van der Waals surface area (Å²) in [5, 5.41) is 0. The third-order valence-electron chi connectivity index (χ3n) is 1.50. The summed E-state index contributed by atoms with van der Waals surface area (Å²) < 4.78 is 4.35. The van der Waals surface area contributed by atoms with Crippen LogP contribution in [0.3, 0.4) is 0 Å². The van der Waals surface area contributed by atoms with E-state index in [0.29, 0.717) is 6.42 Å². The monoisotopic (exact) mass is 174 g/mol. The van der Waals surface area contributed by atoms with Gasteiger partial charge in [-0.3, -0.25) is 4.79 Å². The van der Waals surface area contributed by atoms with E-state index in [1.54, 1.807) is 0 Å². The van der Waals surface area contributed by atoms with Crippen LogP contribution in [0.25, 0.3) is 0 Å². The molecule has 0 amide bonds. The van der Waals surface area contributed by atoms with Crippen LogP contribution in [-0.4, -0.2) is 13.1 Å². The van der Waals surface area contributed by atoms with Crippen molar-refractivity contribution in [2.24, 2.45) is 5.92 Å². The van der Waals surface area contributed by atoms with E-state index in [1.165, 1.54) is 13.5 Å². The molecule has 0 aromatic carbocycles. The Morgan fingerprint density at radius 3 is 1.83 bits per heavy atom. The molecule has 0 heterocycles. The Morgan fingerprint density at radius 2 is 1.75 bits per heavy atom. The van der Waals surface area contributed by atoms with Crippen LogP contribution in [0.2, 0.25) is 0 Å². The highest BCUT2D eigenvalue weighted by Crippen LogP contribution is 1.93. The minimum absolute atomic E-state index is 0.123. The molecule has 0 saturated carbocycles. The maximum Gasteiger partial charge on any atom is 0.305 e. The maximum absolute atomic E-state index is 10.2. The van der Waals surface area contributed by atoms with Crippen LogP contribution in [0.5, 0.6) is 0 Å². The molecule has 0 aliphatic heterocycles. The number of carbonyl (C=O) groups excluding carboxylic acids is 1. The fourth-order valence-corrected chi connectivity index (χ4v) is 0.306. The molecule has 74 valence electrons. The Hall–Kier alpha value is -0.530. The first-order chi connectivity index (χ1) is 5.58. The summed E-state index contributed by atoms with van der Waals surface area (Å²) in [5.41, 5.74) is 0. The fraction of sp³-hybridized carbons (Fsp3) is 0.900. The van der Waals surface area contributed by atoms with E-state index in [2.05, 4.69) is 25.5 Å². The average Bonchev–Trinajstić information content (AvgIpc) is 2.06. The van der Waals surface area contributed by atoms with Crippen molar-refractivity contribution in [2.75, 3.05) is 7.11 Å². The van der Waals surface area contributed by atoms with Gasteiger partial charge in [-0.2, -0.15) is 0 Å². The van der Waals surface area contributed by atoms with Gasteiger partial charge in [-0.25, -0.2) is 0 Å². The first kappa shape index (κ1) is 14.0. The van der Waals surface area contributed by atoms with Gasteiger partial charge in [0.25, 0.3) is 0 Å². The van der Waals surface area contributed by atoms with Gasteiger partial charge >= 0.3 is 5.97 Å². The zero-order valence-electron chi connectivity index (χ0n) is 9.02. The molecule has 0 aliphatic carbocycles. The van der Waals surface area contributed by atoms with Crippen molar-refractivity contribution < 1.29 is 9.53 Å². The van der Waals surface area contributed by atoms with E-state index in [-0.39, 0.29) is 5.97 Å². The van der Waals surface area contributed by atoms with Gasteiger partial charge < -0.3 is 4.74 Å². The first-order valence-electron chi connectivity index (χ1n) is 4.65. The van der Waals surface area contributed by atoms with Crippen LogP contribution in [0.1, 0.15) is 47.0 Å². The normalized spacial score (nSPS) is 8.83. The predicted molar refractivity (Wildman–Crippen MR) is 52.1 cm³/mol. The van der Waals surface area contributed by atoms with Gasteiger partial charge in [-0.1, -0.05) is 34.1 Å². The summed E-state index contributed by atoms with van der Waals surface area (Å²) >= 11 is 0. The summed E-state index contributed by atoms with van der Waals surface area (Å²) in [6.45, 7) is 8.58. The number of carbonyl (C=O) groups is 1. The predicted octanol–water partition coefficient (Wildman–Crippen LogP) is 3.01. The van der Waals surface area contributed by atoms with Gasteiger partial charge in [0.15, 0.2) is 0 Å². The van der Waals surface area contributed by atoms with E-state index >= 15 is 0 Å². The van der Waals surface area contributed by atoms with Crippen molar-refractivity contribution in [3.8, 4) is 0 Å². The molecular formula is C10H22O2. The Labute approximate surface area is 76.3 Å². The van der Waals surface area contributed by atoms with Crippen molar-refractivity contribution in [2.45, 2.75) is 47.0 Å². The second-order valence-electron chi connectivity index (χ2n) is 3.13. The molecule has 0 unspecified atom stereocenters. The smallest absolute Gasteiger partial charge is 0.305 e. The zero-order chi connectivity index (χ0) is 9.98. The molecular weight excluding hydrogens is 152 g/mol. The van der Waals surface area contributed by atoms with Gasteiger partial charge in [0.05, 0.1) is 7.11 Å². The molecule has 0 aromatic heterocycles. The molecule has 0 aliphatic rings. The van der Waals surface area contributed by atoms with Crippen molar-refractivity contribution in [3.63, 3.8) is 0 Å². The Bertz CT molecular complexity index is 98.0. The third kappa shape index (κ3) is 16.2. The number of hydrogen-bond acceptors (Lipinski definition) is 2. The Morgan fingerprint density at radius 1 is 1.33 bits per heavy atom. The fourth-order valence-electron chi connectivity index (χ4n) is 0.306. The molecule has 0 N–H and O–H groups in total. The van der Waals surface area contributed by atoms with Crippen molar-refractivity contribution in [1.29, 1.82) is 0 Å². The highest BCUT2D eigenvalue weighted by molar-refractivity contribution is 5.68. The molecule has 0 fully saturated rings. The summed E-state index contributed by atoms with van der Waals surface area (Å²) in [6, 6.07) is 0. The lowest BCUT2D eigenvalue weighted by molar-refractivity contribution is -0.140. The van der Waals surface area contributed by atoms with E-state index in [1.807, 2.05) is 6.92 Å². The largest absolute Gasteiger partial charge is 0.469 e. The molecule has 0 spiro atoms. The first-order valence-corrected chi connectivity index (χ1v) is 4.65. The zero-order valence-corrected chi connectivity index (χ0v) is 9.02. The van der Waals surface area contributed by atoms with Crippen LogP contribution in [0.4, 0.5) is 0 Å². The van der Waals surface area contributed by atoms with Gasteiger partial charge in [-0.05, 0) is 12.3 Å². The second kappa shape index (κ2) is 10.5. The lowest BCUT2D eigenvalue weighted by Crippen LogP contribution is -1.97. The van der Waals surface area contributed by atoms with Crippen molar-refractivity contribution in [3.05, 3.63) is 0 Å². The van der Waals surface area contributed by atoms with Crippen LogP contribution in [0.15, 0.2) is 0 Å². The molecule has 2 heteroatoms. The van der Waals surface area contributed by atoms with Gasteiger partial charge in [-0.15, -0.1) is 0 Å². The molecule has 12 heavy (non-hydrogen) atoms. The minimum Gasteiger partial charge on any atom is -0.469 e. The van der Waals surface area contributed by atoms with Gasteiger partial charge in [0.1, 0.15) is 0 Å². The topological polar surface area (TPSA) is 26.3 Å². The Kier molecular flexibility index (Phi) is 12.2. The quantitative estimate of drug-likeness (QED) is 0.615. The highest BCUT2D eigenvalue weighted by Gasteiger charge is 1.92. The lowest BCUT2D eigenvalue weighted by Gasteiger charge is -1.91. The number of hydrogen-bond donors (Lipinski definition) is 0. The highest BCUT2D eigenvalue weighted by atomic mass is 16.5. The van der Waals surface area contributed by atoms with E-state index < -0.39 is 0 Å². The van der Waals surface area contributed by atoms with Crippen LogP contribution in [0, 0.1) is 5.92 Å². The molecule has 0 bridgehead atoms. The van der Waals surface area contributed by atoms with E-state index in [4.69, 9.17) is 0 Å². The maximum atomic E-state index is 10.2. The van der Waals surface area contributed by atoms with Gasteiger partial charge in [0, 0.05) is 6.42 Å². The molecule has 0 aromatic rings. The summed E-state index contributed by atoms with van der Waals surface area (Å²) in [5.74, 6) is 0.762. The third-order valence-corrected chi connectivity index (χ3v) is 1.50. The summed E-state index contributed by atoms with van der Waals surface area (Å²) in [7, 11) is 1.40. The second-order valence-corrected chi connectivity index (χ2v) is 3.13. The summed E-state index contributed by atoms with van der Waals surface area (Å²) in [4.78, 5) is 10.2. The lowest BCUT2D eigenvalue weighted by atomic mass is 10.2. The molecule has 0 radical (unpaired) electrons. The number of esters is 1. The van der Waals surface area contributed by atoms with E-state index in [9.17, 15) is 4.79 Å². The average molecular weight is 174 g/mol. The van der Waals surface area contributed by atoms with Crippen molar-refractivity contribution >= 4 is 5.97 Å². The number of rotatable bonds is 3. The SMILES string of the molecule is CCC(C)C.CCCC(=O)OC.